The van der Waals surface area contributed by atoms with Crippen molar-refractivity contribution in [2.75, 3.05) is 0 Å². The number of nitrogens with zero attached hydrogens (tertiary/aromatic N) is 4. The van der Waals surface area contributed by atoms with Gasteiger partial charge in [-0.1, -0.05) is 0 Å². The first-order chi connectivity index (χ1) is 42.3. The molecule has 0 amide bonds. The van der Waals surface area contributed by atoms with Crippen LogP contribution in [0.4, 0.5) is 0 Å². The van der Waals surface area contributed by atoms with Gasteiger partial charge >= 0.3 is 580 Å². The molecular formula is C84H128Ge4N4+4. The maximum absolute atomic E-state index is 2.47. The van der Waals surface area contributed by atoms with E-state index in [9.17, 15) is 0 Å². The summed E-state index contributed by atoms with van der Waals surface area (Å²) >= 11 is -7.28. The van der Waals surface area contributed by atoms with E-state index in [0.29, 0.717) is 17.8 Å². The third-order valence-corrected chi connectivity index (χ3v) is 36.9. The number of benzene rings is 4. The van der Waals surface area contributed by atoms with Crippen LogP contribution in [0, 0.1) is 61.3 Å². The Hall–Kier alpha value is -4.35. The standard InChI is InChI=1S/C22H34GeN.2C21H32GeN.C20H30GeN/c1-9-18(10-2)19-12-11-16(3)20(14-19)22-13-17(4)21(15-24(22)8)23(5,6)7;1-15-10-11-17(21(3,4)5)13-18(15)20-12-16(2)19(14-23(20)9)22(6,7)8;1-15(2)11-18-10-9-16(3)19(13-18)21-12-17(4)20(14-23(21)8)22(5,6)7;1-14(2)17-10-9-15(3)18(12-17)20-11-16(4)19(13-22(20)8)21(5,6)7/h11-15,18H,9-10H2,1-8H3;10-14H,1-9H3;9-10,12-15H,11H2,1-8H3;9-14H,1-8H3/q4*+1. The zero-order valence-electron chi connectivity index (χ0n) is 64.7. The molecule has 0 spiro atoms. The van der Waals surface area contributed by atoms with Crippen molar-refractivity contribution in [3.8, 4) is 45.0 Å². The van der Waals surface area contributed by atoms with E-state index in [0.717, 1.165) is 6.42 Å². The number of rotatable bonds is 14. The normalized spacial score (nSPS) is 12.2. The molecule has 8 aromatic rings. The molecule has 8 rings (SSSR count). The van der Waals surface area contributed by atoms with Gasteiger partial charge in [-0.15, -0.1) is 0 Å². The molecule has 0 saturated heterocycles. The summed E-state index contributed by atoms with van der Waals surface area (Å²) in [7, 11) is 8.78. The first kappa shape index (κ1) is 78.3. The van der Waals surface area contributed by atoms with Crippen molar-refractivity contribution in [3.63, 3.8) is 0 Å². The second-order valence-electron chi connectivity index (χ2n) is 33.3. The van der Waals surface area contributed by atoms with Gasteiger partial charge in [0.05, 0.1) is 0 Å². The van der Waals surface area contributed by atoms with Crippen molar-refractivity contribution in [3.05, 3.63) is 189 Å². The van der Waals surface area contributed by atoms with Gasteiger partial charge in [0.15, 0.2) is 0 Å². The Bertz CT molecular complexity index is 3860. The summed E-state index contributed by atoms with van der Waals surface area (Å²) in [6, 6.07) is 37.4. The number of aryl methyl sites for hydroxylation is 12. The number of hydrogen-bond acceptors (Lipinski definition) is 0. The third-order valence-electron chi connectivity index (χ3n) is 19.0. The van der Waals surface area contributed by atoms with Gasteiger partial charge in [-0.05, 0) is 0 Å². The molecule has 0 atom stereocenters. The van der Waals surface area contributed by atoms with E-state index in [4.69, 9.17) is 0 Å². The van der Waals surface area contributed by atoms with Crippen LogP contribution in [0.25, 0.3) is 45.0 Å². The van der Waals surface area contributed by atoms with Gasteiger partial charge in [0, 0.05) is 0 Å². The summed E-state index contributed by atoms with van der Waals surface area (Å²) in [5.41, 5.74) is 28.0. The minimum atomic E-state index is -1.83. The Morgan fingerprint density at radius 3 is 0.924 bits per heavy atom. The molecule has 0 aliphatic rings. The molecule has 4 nitrogen and oxygen atoms in total. The molecule has 4 heterocycles. The van der Waals surface area contributed by atoms with Gasteiger partial charge < -0.3 is 0 Å². The predicted octanol–water partition coefficient (Wildman–Crippen LogP) is 18.9. The van der Waals surface area contributed by atoms with Crippen LogP contribution in [-0.4, -0.2) is 53.1 Å². The summed E-state index contributed by atoms with van der Waals surface area (Å²) in [6.07, 6.45) is 13.1. The first-order valence-electron chi connectivity index (χ1n) is 34.8. The Morgan fingerprint density at radius 1 is 0.348 bits per heavy atom. The second kappa shape index (κ2) is 31.7. The van der Waals surface area contributed by atoms with Crippen LogP contribution < -0.4 is 35.9 Å². The van der Waals surface area contributed by atoms with Crippen LogP contribution >= 0.6 is 0 Å². The van der Waals surface area contributed by atoms with Gasteiger partial charge in [-0.25, -0.2) is 0 Å². The van der Waals surface area contributed by atoms with E-state index < -0.39 is 53.1 Å². The van der Waals surface area contributed by atoms with E-state index in [-0.39, 0.29) is 5.41 Å². The fourth-order valence-electron chi connectivity index (χ4n) is 13.3. The van der Waals surface area contributed by atoms with Gasteiger partial charge in [-0.3, -0.25) is 0 Å². The van der Waals surface area contributed by atoms with Crippen LogP contribution in [0.2, 0.25) is 69.1 Å². The molecule has 92 heavy (non-hydrogen) atoms. The number of aromatic nitrogens is 4. The van der Waals surface area contributed by atoms with Crippen LogP contribution in [0.15, 0.2) is 122 Å². The van der Waals surface area contributed by atoms with Crippen molar-refractivity contribution >= 4 is 70.6 Å². The summed E-state index contributed by atoms with van der Waals surface area (Å²) in [5.74, 6) is 31.5. The molecule has 0 fully saturated rings. The fourth-order valence-corrected chi connectivity index (χ4v) is 28.7. The zero-order valence-corrected chi connectivity index (χ0v) is 73.1. The van der Waals surface area contributed by atoms with Crippen molar-refractivity contribution in [1.29, 1.82) is 0 Å². The summed E-state index contributed by atoms with van der Waals surface area (Å²) in [4.78, 5) is 0. The van der Waals surface area contributed by atoms with Crippen molar-refractivity contribution in [2.45, 2.75) is 223 Å². The van der Waals surface area contributed by atoms with Crippen LogP contribution in [0.1, 0.15) is 154 Å². The first-order valence-corrected chi connectivity index (χ1v) is 64.1. The molecular weight excluding hydrogens is 1360 g/mol. The quantitative estimate of drug-likeness (QED) is 0.0762. The number of pyridine rings is 4. The second-order valence-corrected chi connectivity index (χ2v) is 75.6. The predicted molar refractivity (Wildman–Crippen MR) is 417 cm³/mol. The molecule has 0 radical (unpaired) electrons. The summed E-state index contributed by atoms with van der Waals surface area (Å²) in [5, 5.41) is 0. The average Bonchev–Trinajstić information content (AvgIpc) is 1.01. The van der Waals surface area contributed by atoms with Crippen LogP contribution in [0.3, 0.4) is 0 Å². The van der Waals surface area contributed by atoms with E-state index >= 15 is 0 Å². The molecule has 0 unspecified atom stereocenters. The third kappa shape index (κ3) is 20.4. The molecule has 4 aromatic heterocycles. The molecule has 0 saturated carbocycles. The van der Waals surface area contributed by atoms with Gasteiger partial charge in [-0.2, -0.15) is 0 Å². The monoisotopic (exact) mass is 1490 g/mol. The molecule has 496 valence electrons. The number of hydrogen-bond donors (Lipinski definition) is 0. The van der Waals surface area contributed by atoms with E-state index in [1.807, 2.05) is 0 Å². The van der Waals surface area contributed by atoms with Crippen molar-refractivity contribution in [1.82, 2.24) is 0 Å². The van der Waals surface area contributed by atoms with Gasteiger partial charge in [0.1, 0.15) is 0 Å². The fraction of sp³-hybridized carbons (Fsp3) is 0.476. The summed E-state index contributed by atoms with van der Waals surface area (Å²) < 4.78 is 15.7. The van der Waals surface area contributed by atoms with Crippen molar-refractivity contribution < 1.29 is 18.3 Å². The zero-order chi connectivity index (χ0) is 69.7. The SMILES string of the molecule is CCC(CC)c1ccc(C)c(-c2cc(C)[c]([Ge]([CH3])([CH3])[CH3])c[n+]2C)c1.Cc1ccc(C(C)(C)C)cc1-c1cc(C)[c]([Ge]([CH3])([CH3])[CH3])c[n+]1C.Cc1ccc(C(C)C)cc1-c1cc(C)[c]([Ge]([CH3])([CH3])[CH3])c[n+]1C.Cc1ccc(CC(C)C)cc1-c1cc(C)[c]([Ge]([CH3])([CH3])[CH3])c[n+]1C. The van der Waals surface area contributed by atoms with E-state index in [1.54, 1.807) is 17.6 Å². The molecule has 8 heteroatoms. The Balaban J connectivity index is 0.000000223. The Labute approximate surface area is 575 Å². The van der Waals surface area contributed by atoms with Crippen molar-refractivity contribution in [2.24, 2.45) is 34.1 Å². The Kier molecular flexibility index (Phi) is 27.0. The van der Waals surface area contributed by atoms with E-state index in [1.165, 1.54) is 125 Å². The molecule has 0 N–H and O–H groups in total. The molecule has 0 bridgehead atoms. The topological polar surface area (TPSA) is 15.5 Å². The molecule has 4 aromatic carbocycles. The van der Waals surface area contributed by atoms with E-state index in [2.05, 4.69) is 355 Å². The Morgan fingerprint density at radius 2 is 0.630 bits per heavy atom. The molecule has 0 aliphatic heterocycles. The van der Waals surface area contributed by atoms with Gasteiger partial charge in [0.25, 0.3) is 0 Å². The van der Waals surface area contributed by atoms with Crippen LogP contribution in [0.5, 0.6) is 0 Å². The maximum atomic E-state index is 2.47. The summed E-state index contributed by atoms with van der Waals surface area (Å²) in [6.45, 7) is 38.5. The van der Waals surface area contributed by atoms with Crippen LogP contribution in [-0.2, 0) is 40.0 Å². The van der Waals surface area contributed by atoms with Gasteiger partial charge in [0.2, 0.25) is 0 Å². The molecule has 0 aliphatic carbocycles. The minimum absolute atomic E-state index is 0.177. The average molecular weight is 1480 g/mol.